The summed E-state index contributed by atoms with van der Waals surface area (Å²) in [6.45, 7) is 6.29. The third-order valence-corrected chi connectivity index (χ3v) is 7.32. The Balaban J connectivity index is 1.50. The highest BCUT2D eigenvalue weighted by Gasteiger charge is 2.31. The molecule has 0 saturated carbocycles. The third kappa shape index (κ3) is 5.01. The lowest BCUT2D eigenvalue weighted by molar-refractivity contribution is -0.122. The molecule has 2 N–H and O–H groups in total. The number of carbonyl (C=O) groups is 1. The molecule has 8 nitrogen and oxygen atoms in total. The van der Waals surface area contributed by atoms with Crippen LogP contribution >= 0.6 is 0 Å². The molecular weight excluding hydrogens is 426 g/mol. The van der Waals surface area contributed by atoms with Gasteiger partial charge in [0.2, 0.25) is 5.91 Å². The largest absolute Gasteiger partial charge is 0.346 e. The van der Waals surface area contributed by atoms with Crippen molar-refractivity contribution in [3.05, 3.63) is 65.7 Å². The second-order valence-electron chi connectivity index (χ2n) is 8.33. The lowest BCUT2D eigenvalue weighted by Gasteiger charge is -2.35. The molecule has 1 saturated heterocycles. The fraction of sp³-hybridized carbons (Fsp3) is 0.391. The summed E-state index contributed by atoms with van der Waals surface area (Å²) >= 11 is 0. The molecule has 170 valence electrons. The fourth-order valence-corrected chi connectivity index (χ4v) is 5.22. The number of likely N-dealkylation sites (N-methyl/N-ethyl adjacent to an activating group) is 1. The molecule has 1 amide bonds. The van der Waals surface area contributed by atoms with Gasteiger partial charge in [0.25, 0.3) is 10.0 Å². The number of amides is 1. The molecular formula is C23H29N5O3S. The molecule has 1 fully saturated rings. The van der Waals surface area contributed by atoms with Crippen LogP contribution in [-0.4, -0.2) is 75.8 Å². The molecule has 2 aliphatic heterocycles. The molecule has 0 radical (unpaired) electrons. The third-order valence-electron chi connectivity index (χ3n) is 5.92. The van der Waals surface area contributed by atoms with Crippen LogP contribution in [0.2, 0.25) is 0 Å². The van der Waals surface area contributed by atoms with E-state index in [0.29, 0.717) is 12.1 Å². The predicted molar refractivity (Wildman–Crippen MR) is 124 cm³/mol. The Kier molecular flexibility index (Phi) is 6.59. The Morgan fingerprint density at radius 1 is 1.06 bits per heavy atom. The number of hydrogen-bond acceptors (Lipinski definition) is 6. The Labute approximate surface area is 189 Å². The number of fused-ring (bicyclic) bond motifs is 1. The lowest BCUT2D eigenvalue weighted by Crippen LogP contribution is -2.48. The molecule has 2 atom stereocenters. The fourth-order valence-electron chi connectivity index (χ4n) is 3.98. The number of carbonyl (C=O) groups excluding carboxylic acids is 1. The van der Waals surface area contributed by atoms with Crippen LogP contribution in [0.1, 0.15) is 24.1 Å². The highest BCUT2D eigenvalue weighted by molar-refractivity contribution is 7.90. The second kappa shape index (κ2) is 9.40. The molecule has 0 aliphatic carbocycles. The summed E-state index contributed by atoms with van der Waals surface area (Å²) in [6.07, 6.45) is 0. The van der Waals surface area contributed by atoms with Crippen molar-refractivity contribution in [2.45, 2.75) is 23.9 Å². The van der Waals surface area contributed by atoms with Crippen molar-refractivity contribution in [1.29, 1.82) is 0 Å². The van der Waals surface area contributed by atoms with Gasteiger partial charge in [0, 0.05) is 38.3 Å². The van der Waals surface area contributed by atoms with E-state index in [0.717, 1.165) is 31.7 Å². The van der Waals surface area contributed by atoms with Crippen LogP contribution in [0, 0.1) is 0 Å². The van der Waals surface area contributed by atoms with Gasteiger partial charge in [-0.15, -0.1) is 0 Å². The maximum absolute atomic E-state index is 13.1. The second-order valence-corrected chi connectivity index (χ2v) is 9.98. The van der Waals surface area contributed by atoms with Gasteiger partial charge in [0.15, 0.2) is 0 Å². The first kappa shape index (κ1) is 22.4. The normalized spacial score (nSPS) is 21.5. The van der Waals surface area contributed by atoms with Gasteiger partial charge < -0.3 is 10.2 Å². The minimum atomic E-state index is -3.64. The van der Waals surface area contributed by atoms with E-state index in [1.807, 2.05) is 30.3 Å². The topological polar surface area (TPSA) is 94.1 Å². The molecule has 1 unspecified atom stereocenters. The summed E-state index contributed by atoms with van der Waals surface area (Å²) in [5.41, 5.74) is 1.52. The van der Waals surface area contributed by atoms with E-state index < -0.39 is 16.1 Å². The number of hydrogen-bond donors (Lipinski definition) is 2. The van der Waals surface area contributed by atoms with Crippen molar-refractivity contribution < 1.29 is 13.2 Å². The van der Waals surface area contributed by atoms with Crippen molar-refractivity contribution in [1.82, 2.24) is 19.8 Å². The summed E-state index contributed by atoms with van der Waals surface area (Å²) in [4.78, 5) is 22.3. The van der Waals surface area contributed by atoms with Gasteiger partial charge in [-0.1, -0.05) is 42.5 Å². The Morgan fingerprint density at radius 3 is 2.44 bits per heavy atom. The van der Waals surface area contributed by atoms with Crippen molar-refractivity contribution >= 4 is 21.8 Å². The Morgan fingerprint density at radius 2 is 1.72 bits per heavy atom. The minimum Gasteiger partial charge on any atom is -0.346 e. The van der Waals surface area contributed by atoms with Gasteiger partial charge >= 0.3 is 0 Å². The molecule has 0 spiro atoms. The van der Waals surface area contributed by atoms with E-state index in [1.54, 1.807) is 25.1 Å². The van der Waals surface area contributed by atoms with Gasteiger partial charge in [-0.25, -0.2) is 8.42 Å². The highest BCUT2D eigenvalue weighted by atomic mass is 32.2. The predicted octanol–water partition coefficient (Wildman–Crippen LogP) is 1.22. The molecule has 2 aromatic carbocycles. The number of rotatable bonds is 6. The number of piperazine rings is 1. The SMILES string of the molecule is C[C@H](N=C1NS(=O)(=O)c2ccccc21)C(=O)NC(CN1CCN(C)CC1)c1ccccc1. The minimum absolute atomic E-state index is 0.178. The number of sulfonamides is 1. The Hall–Kier alpha value is -2.75. The summed E-state index contributed by atoms with van der Waals surface area (Å²) in [6, 6.07) is 15.6. The molecule has 2 aliphatic rings. The zero-order valence-corrected chi connectivity index (χ0v) is 19.2. The van der Waals surface area contributed by atoms with Crippen molar-refractivity contribution in [2.75, 3.05) is 39.8 Å². The van der Waals surface area contributed by atoms with E-state index in [2.05, 4.69) is 31.9 Å². The Bertz CT molecular complexity index is 1100. The molecule has 2 aromatic rings. The number of amidine groups is 1. The molecule has 0 aromatic heterocycles. The summed E-state index contributed by atoms with van der Waals surface area (Å²) in [5.74, 6) is -0.0392. The van der Waals surface area contributed by atoms with Crippen LogP contribution < -0.4 is 10.0 Å². The van der Waals surface area contributed by atoms with Crippen LogP contribution in [0.5, 0.6) is 0 Å². The number of nitrogens with zero attached hydrogens (tertiary/aromatic N) is 3. The van der Waals surface area contributed by atoms with Crippen LogP contribution in [0.3, 0.4) is 0 Å². The summed E-state index contributed by atoms with van der Waals surface area (Å²) in [7, 11) is -1.52. The van der Waals surface area contributed by atoms with E-state index in [9.17, 15) is 13.2 Å². The van der Waals surface area contributed by atoms with E-state index in [1.165, 1.54) is 6.07 Å². The maximum atomic E-state index is 13.1. The summed E-state index contributed by atoms with van der Waals surface area (Å²) < 4.78 is 27.1. The summed E-state index contributed by atoms with van der Waals surface area (Å²) in [5, 5.41) is 3.13. The molecule has 9 heteroatoms. The average molecular weight is 456 g/mol. The molecule has 0 bridgehead atoms. The van der Waals surface area contributed by atoms with Crippen LogP contribution in [0.4, 0.5) is 0 Å². The van der Waals surface area contributed by atoms with E-state index in [4.69, 9.17) is 0 Å². The van der Waals surface area contributed by atoms with Gasteiger partial charge in [-0.3, -0.25) is 19.4 Å². The molecule has 2 heterocycles. The standard InChI is InChI=1S/C23H29N5O3S/c1-17(24-22-19-10-6-7-11-21(19)32(30,31)26-22)23(29)25-20(18-8-4-3-5-9-18)16-28-14-12-27(2)13-15-28/h3-11,17,20H,12-16H2,1-2H3,(H,24,26)(H,25,29)/t17-,20?/m0/s1. The van der Waals surface area contributed by atoms with Crippen molar-refractivity contribution in [3.8, 4) is 0 Å². The van der Waals surface area contributed by atoms with Crippen molar-refractivity contribution in [3.63, 3.8) is 0 Å². The monoisotopic (exact) mass is 455 g/mol. The maximum Gasteiger partial charge on any atom is 0.263 e. The van der Waals surface area contributed by atoms with Crippen LogP contribution in [0.25, 0.3) is 0 Å². The van der Waals surface area contributed by atoms with E-state index in [-0.39, 0.29) is 22.7 Å². The number of benzene rings is 2. The van der Waals surface area contributed by atoms with Gasteiger partial charge in [-0.2, -0.15) is 0 Å². The average Bonchev–Trinajstić information content (AvgIpc) is 3.05. The van der Waals surface area contributed by atoms with Gasteiger partial charge in [0.1, 0.15) is 11.9 Å². The van der Waals surface area contributed by atoms with E-state index >= 15 is 0 Å². The van der Waals surface area contributed by atoms with Crippen molar-refractivity contribution in [2.24, 2.45) is 4.99 Å². The van der Waals surface area contributed by atoms with Gasteiger partial charge in [0.05, 0.1) is 10.9 Å². The lowest BCUT2D eigenvalue weighted by atomic mass is 10.1. The molecule has 32 heavy (non-hydrogen) atoms. The first-order valence-corrected chi connectivity index (χ1v) is 12.3. The number of aliphatic imine (C=N–C) groups is 1. The number of nitrogens with one attached hydrogen (secondary N) is 2. The zero-order valence-electron chi connectivity index (χ0n) is 18.4. The van der Waals surface area contributed by atoms with Crippen LogP contribution in [-0.2, 0) is 14.8 Å². The van der Waals surface area contributed by atoms with Crippen LogP contribution in [0.15, 0.2) is 64.5 Å². The smallest absolute Gasteiger partial charge is 0.263 e. The first-order chi connectivity index (χ1) is 15.3. The first-order valence-electron chi connectivity index (χ1n) is 10.8. The molecule has 4 rings (SSSR count). The zero-order chi connectivity index (χ0) is 22.7. The quantitative estimate of drug-likeness (QED) is 0.683. The van der Waals surface area contributed by atoms with Gasteiger partial charge in [-0.05, 0) is 31.7 Å². The highest BCUT2D eigenvalue weighted by Crippen LogP contribution is 2.23.